The van der Waals surface area contributed by atoms with Crippen LogP contribution in [0, 0.1) is 0 Å². The van der Waals surface area contributed by atoms with E-state index >= 15 is 0 Å². The van der Waals surface area contributed by atoms with Gasteiger partial charge < -0.3 is 10.6 Å². The van der Waals surface area contributed by atoms with Crippen LogP contribution in [-0.2, 0) is 11.2 Å². The smallest absolute Gasteiger partial charge is 0.321 e. The van der Waals surface area contributed by atoms with Gasteiger partial charge in [0.2, 0.25) is 11.0 Å². The van der Waals surface area contributed by atoms with Gasteiger partial charge in [0.25, 0.3) is 0 Å². The van der Waals surface area contributed by atoms with Gasteiger partial charge in [-0.15, -0.1) is 10.2 Å². The van der Waals surface area contributed by atoms with Crippen molar-refractivity contribution in [2.24, 2.45) is 0 Å². The second kappa shape index (κ2) is 9.38. The molecule has 0 aliphatic carbocycles. The number of benzene rings is 1. The van der Waals surface area contributed by atoms with Gasteiger partial charge in [0.15, 0.2) is 4.34 Å². The summed E-state index contributed by atoms with van der Waals surface area (Å²) < 4.78 is 0.659. The molecular formula is C16H21N5O2S2. The summed E-state index contributed by atoms with van der Waals surface area (Å²) in [6.45, 7) is 6.08. The average molecular weight is 380 g/mol. The predicted molar refractivity (Wildman–Crippen MR) is 102 cm³/mol. The van der Waals surface area contributed by atoms with Crippen molar-refractivity contribution in [3.8, 4) is 0 Å². The quantitative estimate of drug-likeness (QED) is 0.640. The van der Waals surface area contributed by atoms with Crippen molar-refractivity contribution >= 4 is 45.9 Å². The van der Waals surface area contributed by atoms with Crippen molar-refractivity contribution in [1.29, 1.82) is 0 Å². The fourth-order valence-corrected chi connectivity index (χ4v) is 3.79. The first-order valence-electron chi connectivity index (χ1n) is 7.96. The number of aromatic nitrogens is 2. The molecule has 0 fully saturated rings. The summed E-state index contributed by atoms with van der Waals surface area (Å²) in [4.78, 5) is 23.3. The third-order valence-electron chi connectivity index (χ3n) is 3.24. The molecule has 3 amide bonds. The Morgan fingerprint density at radius 1 is 1.20 bits per heavy atom. The first kappa shape index (κ1) is 19.2. The van der Waals surface area contributed by atoms with Crippen LogP contribution in [0.3, 0.4) is 0 Å². The van der Waals surface area contributed by atoms with E-state index in [0.717, 1.165) is 12.1 Å². The fraction of sp³-hybridized carbons (Fsp3) is 0.375. The summed E-state index contributed by atoms with van der Waals surface area (Å²) in [5.74, 6) is -0.365. The molecule has 0 radical (unpaired) electrons. The van der Waals surface area contributed by atoms with Crippen molar-refractivity contribution in [3.05, 3.63) is 29.8 Å². The highest BCUT2D eigenvalue weighted by atomic mass is 32.2. The lowest BCUT2D eigenvalue weighted by molar-refractivity contribution is -0.119. The van der Waals surface area contributed by atoms with E-state index in [1.807, 2.05) is 12.1 Å². The van der Waals surface area contributed by atoms with Crippen LogP contribution in [0.4, 0.5) is 15.6 Å². The van der Waals surface area contributed by atoms with Crippen LogP contribution in [-0.4, -0.2) is 33.9 Å². The van der Waals surface area contributed by atoms with Gasteiger partial charge in [-0.25, -0.2) is 4.79 Å². The zero-order chi connectivity index (χ0) is 18.2. The molecule has 0 saturated carbocycles. The molecule has 0 spiro atoms. The van der Waals surface area contributed by atoms with E-state index in [1.54, 1.807) is 13.8 Å². The number of amides is 3. The minimum Gasteiger partial charge on any atom is -0.338 e. The molecule has 0 bridgehead atoms. The van der Waals surface area contributed by atoms with Gasteiger partial charge in [-0.1, -0.05) is 42.2 Å². The molecule has 1 atom stereocenters. The summed E-state index contributed by atoms with van der Waals surface area (Å²) in [6.07, 6.45) is 0.996. The molecule has 3 N–H and O–H groups in total. The molecule has 7 nitrogen and oxygen atoms in total. The second-order valence-corrected chi connectivity index (χ2v) is 7.72. The first-order chi connectivity index (χ1) is 12.0. The van der Waals surface area contributed by atoms with E-state index in [-0.39, 0.29) is 5.91 Å². The van der Waals surface area contributed by atoms with E-state index in [2.05, 4.69) is 45.2 Å². The number of aryl methyl sites for hydroxylation is 1. The topological polar surface area (TPSA) is 96.0 Å². The molecule has 25 heavy (non-hydrogen) atoms. The number of hydrogen-bond donors (Lipinski definition) is 3. The van der Waals surface area contributed by atoms with Crippen molar-refractivity contribution < 1.29 is 9.59 Å². The molecule has 9 heteroatoms. The Labute approximate surface area is 155 Å². The maximum atomic E-state index is 11.9. The van der Waals surface area contributed by atoms with Crippen LogP contribution in [0.1, 0.15) is 26.3 Å². The van der Waals surface area contributed by atoms with Crippen LogP contribution >= 0.6 is 23.1 Å². The molecule has 1 unspecified atom stereocenters. The molecule has 2 aromatic rings. The Bertz CT molecular complexity index is 718. The number of imide groups is 1. The van der Waals surface area contributed by atoms with Gasteiger partial charge >= 0.3 is 6.03 Å². The Morgan fingerprint density at radius 3 is 2.56 bits per heavy atom. The van der Waals surface area contributed by atoms with E-state index in [4.69, 9.17) is 0 Å². The summed E-state index contributed by atoms with van der Waals surface area (Å²) >= 11 is 2.62. The fourth-order valence-electron chi connectivity index (χ4n) is 1.88. The van der Waals surface area contributed by atoms with Gasteiger partial charge in [0.05, 0.1) is 5.25 Å². The monoisotopic (exact) mass is 379 g/mol. The van der Waals surface area contributed by atoms with E-state index in [1.165, 1.54) is 28.7 Å². The largest absolute Gasteiger partial charge is 0.338 e. The number of carbonyl (C=O) groups is 2. The van der Waals surface area contributed by atoms with Crippen LogP contribution in [0.15, 0.2) is 28.6 Å². The van der Waals surface area contributed by atoms with E-state index in [0.29, 0.717) is 16.0 Å². The van der Waals surface area contributed by atoms with Crippen LogP contribution in [0.2, 0.25) is 0 Å². The average Bonchev–Trinajstić information content (AvgIpc) is 3.02. The minimum absolute atomic E-state index is 0.365. The molecule has 0 aliphatic rings. The molecule has 1 heterocycles. The van der Waals surface area contributed by atoms with E-state index in [9.17, 15) is 9.59 Å². The lowest BCUT2D eigenvalue weighted by Crippen LogP contribution is -2.42. The van der Waals surface area contributed by atoms with Crippen molar-refractivity contribution in [2.75, 3.05) is 11.9 Å². The molecule has 2 rings (SSSR count). The summed E-state index contributed by atoms with van der Waals surface area (Å²) in [5, 5.41) is 16.4. The Morgan fingerprint density at radius 2 is 1.92 bits per heavy atom. The summed E-state index contributed by atoms with van der Waals surface area (Å²) in [6, 6.07) is 7.62. The van der Waals surface area contributed by atoms with Crippen LogP contribution < -0.4 is 16.0 Å². The van der Waals surface area contributed by atoms with Crippen LogP contribution in [0.25, 0.3) is 0 Å². The molecular weight excluding hydrogens is 358 g/mol. The number of nitrogens with one attached hydrogen (secondary N) is 3. The van der Waals surface area contributed by atoms with Crippen molar-refractivity contribution in [3.63, 3.8) is 0 Å². The Kier molecular flexibility index (Phi) is 7.20. The van der Waals surface area contributed by atoms with Gasteiger partial charge in [-0.2, -0.15) is 0 Å². The highest BCUT2D eigenvalue weighted by molar-refractivity contribution is 8.02. The first-order valence-corrected chi connectivity index (χ1v) is 9.66. The Hall–Kier alpha value is -2.13. The summed E-state index contributed by atoms with van der Waals surface area (Å²) in [7, 11) is 0. The predicted octanol–water partition coefficient (Wildman–Crippen LogP) is 3.17. The maximum absolute atomic E-state index is 11.9. The third kappa shape index (κ3) is 6.02. The van der Waals surface area contributed by atoms with Crippen molar-refractivity contribution in [1.82, 2.24) is 20.8 Å². The number of nitrogens with zero attached hydrogens (tertiary/aromatic N) is 2. The number of anilines is 2. The maximum Gasteiger partial charge on any atom is 0.321 e. The third-order valence-corrected chi connectivity index (χ3v) is 5.26. The number of rotatable bonds is 7. The molecule has 134 valence electrons. The second-order valence-electron chi connectivity index (χ2n) is 5.16. The zero-order valence-corrected chi connectivity index (χ0v) is 16.0. The van der Waals surface area contributed by atoms with Crippen molar-refractivity contribution in [2.45, 2.75) is 36.8 Å². The number of carbonyl (C=O) groups excluding carboxylic acids is 2. The standard InChI is InChI=1S/C16H21N5O2S2/c1-4-11-6-8-12(9-7-11)18-15-20-21-16(25-15)24-10(3)13(22)19-14(23)17-5-2/h6-10H,4-5H2,1-3H3,(H,18,20)(H2,17,19,22,23). The van der Waals surface area contributed by atoms with E-state index < -0.39 is 11.3 Å². The number of urea groups is 1. The normalized spacial score (nSPS) is 11.6. The molecule has 0 aliphatic heterocycles. The SMILES string of the molecule is CCNC(=O)NC(=O)C(C)Sc1nnc(Nc2ccc(CC)cc2)s1. The zero-order valence-electron chi connectivity index (χ0n) is 14.3. The minimum atomic E-state index is -0.491. The van der Waals surface area contributed by atoms with Gasteiger partial charge in [-0.3, -0.25) is 10.1 Å². The summed E-state index contributed by atoms with van der Waals surface area (Å²) in [5.41, 5.74) is 2.21. The number of hydrogen-bond acceptors (Lipinski definition) is 7. The van der Waals surface area contributed by atoms with Gasteiger partial charge in [-0.05, 0) is 38.0 Å². The number of thioether (sulfide) groups is 1. The Balaban J connectivity index is 1.89. The lowest BCUT2D eigenvalue weighted by atomic mass is 10.1. The molecule has 0 saturated heterocycles. The lowest BCUT2D eigenvalue weighted by Gasteiger charge is -2.09. The highest BCUT2D eigenvalue weighted by Gasteiger charge is 2.19. The molecule has 1 aromatic carbocycles. The van der Waals surface area contributed by atoms with Gasteiger partial charge in [0, 0.05) is 12.2 Å². The molecule has 1 aromatic heterocycles. The van der Waals surface area contributed by atoms with Crippen LogP contribution in [0.5, 0.6) is 0 Å². The van der Waals surface area contributed by atoms with Gasteiger partial charge in [0.1, 0.15) is 0 Å². The highest BCUT2D eigenvalue weighted by Crippen LogP contribution is 2.30.